The van der Waals surface area contributed by atoms with Crippen LogP contribution in [0.3, 0.4) is 0 Å². The molecule has 0 saturated heterocycles. The topological polar surface area (TPSA) is 84.6 Å². The van der Waals surface area contributed by atoms with Crippen LogP contribution in [0, 0.1) is 11.6 Å². The molecule has 3 aromatic carbocycles. The summed E-state index contributed by atoms with van der Waals surface area (Å²) in [6, 6.07) is 16.2. The van der Waals surface area contributed by atoms with Gasteiger partial charge >= 0.3 is 7.60 Å². The fraction of sp³-hybridized carbons (Fsp3) is 0.192. The lowest BCUT2D eigenvalue weighted by Gasteiger charge is -2.18. The first-order chi connectivity index (χ1) is 17.8. The Morgan fingerprint density at radius 3 is 2.27 bits per heavy atom. The van der Waals surface area contributed by atoms with Gasteiger partial charge in [-0.1, -0.05) is 0 Å². The highest BCUT2D eigenvalue weighted by atomic mass is 32.1. The molecule has 0 aliphatic carbocycles. The van der Waals surface area contributed by atoms with Crippen molar-refractivity contribution >= 4 is 52.5 Å². The smallest absolute Gasteiger partial charge is 0.361 e. The summed E-state index contributed by atoms with van der Waals surface area (Å²) in [6.07, 6.45) is 0. The van der Waals surface area contributed by atoms with Crippen molar-refractivity contribution in [1.29, 1.82) is 0 Å². The van der Waals surface area contributed by atoms with Crippen LogP contribution in [0.5, 0.6) is 5.75 Å². The number of methoxy groups -OCH3 is 1. The Bertz CT molecular complexity index is 1430. The van der Waals surface area contributed by atoms with E-state index in [0.717, 1.165) is 17.7 Å². The normalized spacial score (nSPS) is 11.5. The van der Waals surface area contributed by atoms with Crippen LogP contribution in [0.25, 0.3) is 22.2 Å². The molecule has 0 atom stereocenters. The maximum absolute atomic E-state index is 13.6. The van der Waals surface area contributed by atoms with Crippen molar-refractivity contribution in [1.82, 2.24) is 4.98 Å². The first kappa shape index (κ1) is 26.8. The summed E-state index contributed by atoms with van der Waals surface area (Å²) in [5, 5.41) is 7.49. The number of hydrogen-bond acceptors (Lipinski definition) is 5. The highest BCUT2D eigenvalue weighted by Crippen LogP contribution is 2.46. The van der Waals surface area contributed by atoms with Gasteiger partial charge in [0.25, 0.3) is 0 Å². The average Bonchev–Trinajstić information content (AvgIpc) is 3.27. The lowest BCUT2D eigenvalue weighted by atomic mass is 10.1. The number of benzene rings is 3. The summed E-state index contributed by atoms with van der Waals surface area (Å²) < 4.78 is 56.4. The summed E-state index contributed by atoms with van der Waals surface area (Å²) in [7, 11) is -1.84. The van der Waals surface area contributed by atoms with E-state index in [0.29, 0.717) is 44.1 Å². The van der Waals surface area contributed by atoms with Crippen molar-refractivity contribution in [3.8, 4) is 17.0 Å². The van der Waals surface area contributed by atoms with Crippen molar-refractivity contribution in [2.75, 3.05) is 31.0 Å². The Labute approximate surface area is 218 Å². The van der Waals surface area contributed by atoms with E-state index in [2.05, 4.69) is 15.6 Å². The number of rotatable bonds is 9. The van der Waals surface area contributed by atoms with Crippen LogP contribution >= 0.6 is 19.8 Å². The van der Waals surface area contributed by atoms with Gasteiger partial charge in [0.2, 0.25) is 0 Å². The van der Waals surface area contributed by atoms with Gasteiger partial charge in [-0.15, -0.1) is 0 Å². The van der Waals surface area contributed by atoms with Crippen LogP contribution in [0.2, 0.25) is 0 Å². The molecule has 0 amide bonds. The molecular formula is C26H26F2N3O4PS. The third-order valence-electron chi connectivity index (χ3n) is 5.46. The predicted octanol–water partition coefficient (Wildman–Crippen LogP) is 6.82. The summed E-state index contributed by atoms with van der Waals surface area (Å²) in [4.78, 5) is 3.11. The lowest BCUT2D eigenvalue weighted by molar-refractivity contribution is 0.230. The lowest BCUT2D eigenvalue weighted by Crippen LogP contribution is -2.20. The third-order valence-corrected chi connectivity index (χ3v) is 7.79. The summed E-state index contributed by atoms with van der Waals surface area (Å²) in [5.74, 6) is -1.27. The molecule has 1 aromatic heterocycles. The number of aromatic nitrogens is 1. The molecule has 1 heterocycles. The van der Waals surface area contributed by atoms with E-state index in [4.69, 9.17) is 26.0 Å². The van der Waals surface area contributed by atoms with Crippen molar-refractivity contribution in [2.24, 2.45) is 0 Å². The quantitative estimate of drug-likeness (QED) is 0.157. The third kappa shape index (κ3) is 5.99. The summed E-state index contributed by atoms with van der Waals surface area (Å²) >= 11 is 5.48. The van der Waals surface area contributed by atoms with Crippen molar-refractivity contribution in [2.45, 2.75) is 13.8 Å². The number of H-pyrrole nitrogens is 1. The van der Waals surface area contributed by atoms with Gasteiger partial charge in [0.05, 0.1) is 31.3 Å². The fourth-order valence-corrected chi connectivity index (χ4v) is 5.59. The van der Waals surface area contributed by atoms with Crippen molar-refractivity contribution in [3.63, 3.8) is 0 Å². The number of anilines is 2. The number of aromatic amines is 1. The zero-order valence-electron chi connectivity index (χ0n) is 20.4. The number of hydrogen-bond donors (Lipinski definition) is 3. The van der Waals surface area contributed by atoms with Crippen LogP contribution in [0.1, 0.15) is 13.8 Å². The van der Waals surface area contributed by atoms with E-state index in [1.807, 2.05) is 12.1 Å². The maximum Gasteiger partial charge on any atom is 0.361 e. The Hall–Kier alpha value is -3.30. The summed E-state index contributed by atoms with van der Waals surface area (Å²) in [6.45, 7) is 4.04. The van der Waals surface area contributed by atoms with Gasteiger partial charge in [-0.25, -0.2) is 8.78 Å². The first-order valence-electron chi connectivity index (χ1n) is 11.5. The number of ether oxygens (including phenoxy) is 1. The van der Waals surface area contributed by atoms with E-state index >= 15 is 0 Å². The highest BCUT2D eigenvalue weighted by molar-refractivity contribution is 7.80. The molecule has 4 aromatic rings. The second kappa shape index (κ2) is 11.4. The zero-order valence-corrected chi connectivity index (χ0v) is 22.1. The minimum Gasteiger partial charge on any atom is -0.495 e. The standard InChI is InChI=1S/C26H26F2N3O4PS/c1-4-34-36(32,35-5-2)19-9-7-18(8-10-19)29-26(37)31-24-13-16(6-11-25(24)33-3)22-14-17-12-20(27)21(28)15-23(17)30-22/h6-15,30H,4-5H2,1-3H3,(H2,29,31,37). The molecule has 0 spiro atoms. The van der Waals surface area contributed by atoms with Crippen LogP contribution < -0.4 is 20.7 Å². The second-order valence-corrected chi connectivity index (χ2v) is 10.3. The Morgan fingerprint density at radius 2 is 1.62 bits per heavy atom. The van der Waals surface area contributed by atoms with Crippen molar-refractivity contribution in [3.05, 3.63) is 72.3 Å². The maximum atomic E-state index is 13.6. The minimum absolute atomic E-state index is 0.262. The molecule has 7 nitrogen and oxygen atoms in total. The molecule has 4 rings (SSSR count). The SMILES string of the molecule is CCOP(=O)(OCC)c1ccc(NC(=S)Nc2cc(-c3cc4cc(F)c(F)cc4[nH]3)ccc2OC)cc1. The van der Waals surface area contributed by atoms with Crippen LogP contribution in [0.15, 0.2) is 60.7 Å². The molecule has 0 saturated carbocycles. The van der Waals surface area contributed by atoms with Gasteiger partial charge in [-0.3, -0.25) is 4.57 Å². The molecular weight excluding hydrogens is 519 g/mol. The number of nitrogens with one attached hydrogen (secondary N) is 3. The van der Waals surface area contributed by atoms with Crippen LogP contribution in [0.4, 0.5) is 20.2 Å². The molecule has 194 valence electrons. The molecule has 0 unspecified atom stereocenters. The summed E-state index contributed by atoms with van der Waals surface area (Å²) in [5.41, 5.74) is 3.17. The molecule has 0 fully saturated rings. The predicted molar refractivity (Wildman–Crippen MR) is 147 cm³/mol. The Balaban J connectivity index is 1.52. The van der Waals surface area contributed by atoms with E-state index in [1.165, 1.54) is 0 Å². The molecule has 0 aliphatic rings. The van der Waals surface area contributed by atoms with E-state index in [-0.39, 0.29) is 13.2 Å². The molecule has 3 N–H and O–H groups in total. The highest BCUT2D eigenvalue weighted by Gasteiger charge is 2.26. The molecule has 0 aliphatic heterocycles. The van der Waals surface area contributed by atoms with Gasteiger partial charge < -0.3 is 29.4 Å². The van der Waals surface area contributed by atoms with Gasteiger partial charge in [0, 0.05) is 33.9 Å². The molecule has 0 radical (unpaired) electrons. The van der Waals surface area contributed by atoms with E-state index < -0.39 is 19.2 Å². The minimum atomic E-state index is -3.38. The Morgan fingerprint density at radius 1 is 0.946 bits per heavy atom. The molecule has 0 bridgehead atoms. The second-order valence-electron chi connectivity index (χ2n) is 7.91. The fourth-order valence-electron chi connectivity index (χ4n) is 3.79. The number of halogens is 2. The molecule has 37 heavy (non-hydrogen) atoms. The van der Waals surface area contributed by atoms with E-state index in [9.17, 15) is 13.3 Å². The van der Waals surface area contributed by atoms with Gasteiger partial charge in [-0.2, -0.15) is 0 Å². The first-order valence-corrected chi connectivity index (χ1v) is 13.4. The molecule has 11 heteroatoms. The van der Waals surface area contributed by atoms with Crippen molar-refractivity contribution < 1.29 is 27.1 Å². The van der Waals surface area contributed by atoms with E-state index in [1.54, 1.807) is 57.4 Å². The number of fused-ring (bicyclic) bond motifs is 1. The largest absolute Gasteiger partial charge is 0.495 e. The van der Waals surface area contributed by atoms with Gasteiger partial charge in [0.1, 0.15) is 5.75 Å². The Kier molecular flexibility index (Phi) is 8.24. The van der Waals surface area contributed by atoms with Crippen LogP contribution in [-0.4, -0.2) is 30.4 Å². The van der Waals surface area contributed by atoms with Crippen LogP contribution in [-0.2, 0) is 13.6 Å². The monoisotopic (exact) mass is 545 g/mol. The van der Waals surface area contributed by atoms with Gasteiger partial charge in [-0.05, 0) is 80.7 Å². The van der Waals surface area contributed by atoms with Gasteiger partial charge in [0.15, 0.2) is 16.7 Å². The zero-order chi connectivity index (χ0) is 26.6. The average molecular weight is 546 g/mol. The number of thiocarbonyl (C=S) groups is 1.